The van der Waals surface area contributed by atoms with Gasteiger partial charge in [0.25, 0.3) is 0 Å². The van der Waals surface area contributed by atoms with Crippen LogP contribution in [0, 0.1) is 0 Å². The van der Waals surface area contributed by atoms with E-state index in [0.717, 1.165) is 0 Å². The summed E-state index contributed by atoms with van der Waals surface area (Å²) in [4.78, 5) is 0. The monoisotopic (exact) mass is 650 g/mol. The van der Waals surface area contributed by atoms with Crippen LogP contribution in [0.1, 0.15) is 0 Å². The first-order chi connectivity index (χ1) is 0. The van der Waals surface area contributed by atoms with E-state index in [1.807, 2.05) is 0 Å². The Kier molecular flexibility index (Phi) is 382. The summed E-state index contributed by atoms with van der Waals surface area (Å²) in [7, 11) is 0. The van der Waals surface area contributed by atoms with Crippen LogP contribution in [0.15, 0.2) is 0 Å². The average molecular weight is 651 g/mol. The van der Waals surface area contributed by atoms with Gasteiger partial charge in [-0.05, 0) is 0 Å². The zero-order chi connectivity index (χ0) is 0. The van der Waals surface area contributed by atoms with E-state index in [1.54, 1.807) is 0 Å². The molecule has 44 valence electrons. The van der Waals surface area contributed by atoms with Crippen LogP contribution >= 0.6 is 0 Å². The Labute approximate surface area is 112 Å². The van der Waals surface area contributed by atoms with Gasteiger partial charge in [-0.2, -0.15) is 0 Å². The maximum atomic E-state index is 0. The van der Waals surface area contributed by atoms with Crippen LogP contribution < -0.4 is 61.2 Å². The summed E-state index contributed by atoms with van der Waals surface area (Å²) in [6, 6.07) is 0. The first kappa shape index (κ1) is 57.5. The SMILES string of the molecule is [Cl-].[Cl-].[Cl-].[I-].[Po].[Po]. The summed E-state index contributed by atoms with van der Waals surface area (Å²) in [5.41, 5.74) is 0. The van der Waals surface area contributed by atoms with Gasteiger partial charge in [0.05, 0.1) is 0 Å². The van der Waals surface area contributed by atoms with Crippen LogP contribution in [-0.4, -0.2) is 53.1 Å². The van der Waals surface area contributed by atoms with Crippen LogP contribution in [0.4, 0.5) is 0 Å². The molecule has 0 aliphatic carbocycles. The third-order valence-electron chi connectivity index (χ3n) is 0. The molecule has 6 heavy (non-hydrogen) atoms. The fraction of sp³-hybridized carbons (Fsp3) is 0. The average Bonchev–Trinajstić information content (AvgIpc) is 0. The zero-order valence-corrected chi connectivity index (χ0v) is 13.1. The largest absolute Gasteiger partial charge is 1.00 e. The summed E-state index contributed by atoms with van der Waals surface area (Å²) in [5, 5.41) is 0. The Hall–Kier alpha value is 3.39. The molecular formula is Cl3IPo2-4. The van der Waals surface area contributed by atoms with E-state index in [1.165, 1.54) is 0 Å². The molecule has 0 aliphatic heterocycles. The summed E-state index contributed by atoms with van der Waals surface area (Å²) < 4.78 is 0. The quantitative estimate of drug-likeness (QED) is 0.229. The molecule has 4 radical (unpaired) electrons. The van der Waals surface area contributed by atoms with Gasteiger partial charge in [-0.25, -0.2) is 0 Å². The first-order valence-electron chi connectivity index (χ1n) is 0. The number of rotatable bonds is 0. The molecular weight excluding hydrogens is 651 g/mol. The molecule has 0 bridgehead atoms. The minimum atomic E-state index is 0. The van der Waals surface area contributed by atoms with Crippen LogP contribution in [0.25, 0.3) is 0 Å². The Balaban J connectivity index is 0. The molecule has 0 fully saturated rings. The van der Waals surface area contributed by atoms with E-state index < -0.39 is 0 Å². The third-order valence-corrected chi connectivity index (χ3v) is 0. The Morgan fingerprint density at radius 1 is 0.500 bits per heavy atom. The predicted octanol–water partition coefficient (Wildman–Crippen LogP) is -12.7. The minimum absolute atomic E-state index is 0. The predicted molar refractivity (Wildman–Crippen MR) is 11.5 cm³/mol. The second-order valence-electron chi connectivity index (χ2n) is 0. The molecule has 0 aromatic rings. The number of hydrogen-bond donors (Lipinski definition) is 0. The van der Waals surface area contributed by atoms with Gasteiger partial charge in [0.1, 0.15) is 0 Å². The van der Waals surface area contributed by atoms with Gasteiger partial charge in [-0.15, -0.1) is 0 Å². The van der Waals surface area contributed by atoms with Gasteiger partial charge in [0, 0.05) is 53.1 Å². The zero-order valence-electron chi connectivity index (χ0n) is 2.33. The van der Waals surface area contributed by atoms with Crippen molar-refractivity contribution in [2.75, 3.05) is 0 Å². The number of hydrogen-bond acceptors (Lipinski definition) is 0. The van der Waals surface area contributed by atoms with Crippen LogP contribution in [0.3, 0.4) is 0 Å². The van der Waals surface area contributed by atoms with Gasteiger partial charge >= 0.3 is 0 Å². The molecule has 0 unspecified atom stereocenters. The van der Waals surface area contributed by atoms with Crippen LogP contribution in [0.5, 0.6) is 0 Å². The Morgan fingerprint density at radius 2 is 0.500 bits per heavy atom. The molecule has 0 aromatic heterocycles. The van der Waals surface area contributed by atoms with Gasteiger partial charge in [0.15, 0.2) is 0 Å². The molecule has 0 aliphatic rings. The van der Waals surface area contributed by atoms with Crippen molar-refractivity contribution in [3.8, 4) is 0 Å². The van der Waals surface area contributed by atoms with Gasteiger partial charge < -0.3 is 61.2 Å². The number of halogens is 4. The molecule has 0 spiro atoms. The molecule has 0 amide bonds. The maximum absolute atomic E-state index is 0. The van der Waals surface area contributed by atoms with E-state index >= 15 is 0 Å². The molecule has 0 heterocycles. The second kappa shape index (κ2) is 39.9. The van der Waals surface area contributed by atoms with E-state index in [2.05, 4.69) is 0 Å². The topological polar surface area (TPSA) is 0 Å². The second-order valence-corrected chi connectivity index (χ2v) is 0. The molecule has 0 nitrogen and oxygen atoms in total. The van der Waals surface area contributed by atoms with Crippen molar-refractivity contribution in [1.29, 1.82) is 0 Å². The van der Waals surface area contributed by atoms with Crippen LogP contribution in [0.2, 0.25) is 0 Å². The van der Waals surface area contributed by atoms with Crippen molar-refractivity contribution < 1.29 is 61.2 Å². The molecule has 6 heteroatoms. The van der Waals surface area contributed by atoms with Gasteiger partial charge in [-0.3, -0.25) is 0 Å². The van der Waals surface area contributed by atoms with Crippen LogP contribution in [-0.2, 0) is 0 Å². The standard InChI is InChI=1S/3ClH.HI.2Po/h4*1H;;/p-4. The van der Waals surface area contributed by atoms with Crippen molar-refractivity contribution >= 4 is 53.1 Å². The molecule has 0 aromatic carbocycles. The van der Waals surface area contributed by atoms with Crippen molar-refractivity contribution in [2.45, 2.75) is 0 Å². The fourth-order valence-corrected chi connectivity index (χ4v) is 0. The molecule has 0 N–H and O–H groups in total. The molecule has 0 saturated carbocycles. The molecule has 0 rings (SSSR count). The first-order valence-corrected chi connectivity index (χ1v) is 0. The van der Waals surface area contributed by atoms with E-state index in [4.69, 9.17) is 0 Å². The van der Waals surface area contributed by atoms with Gasteiger partial charge in [-0.1, -0.05) is 0 Å². The third kappa shape index (κ3) is 26.2. The fourth-order valence-electron chi connectivity index (χ4n) is 0. The normalized spacial score (nSPS) is 0. The molecule has 0 atom stereocenters. The Morgan fingerprint density at radius 3 is 0.500 bits per heavy atom. The van der Waals surface area contributed by atoms with Crippen molar-refractivity contribution in [1.82, 2.24) is 0 Å². The van der Waals surface area contributed by atoms with E-state index in [-0.39, 0.29) is 114 Å². The summed E-state index contributed by atoms with van der Waals surface area (Å²) in [5.74, 6) is 0. The van der Waals surface area contributed by atoms with Crippen molar-refractivity contribution in [3.05, 3.63) is 0 Å². The molecule has 0 saturated heterocycles. The maximum Gasteiger partial charge on any atom is 0 e. The van der Waals surface area contributed by atoms with Gasteiger partial charge in [0.2, 0.25) is 0 Å². The summed E-state index contributed by atoms with van der Waals surface area (Å²) in [6.45, 7) is 0. The smallest absolute Gasteiger partial charge is 0 e. The van der Waals surface area contributed by atoms with E-state index in [0.29, 0.717) is 0 Å². The Bertz CT molecular complexity index is 8.75. The minimum Gasteiger partial charge on any atom is -1.00 e. The summed E-state index contributed by atoms with van der Waals surface area (Å²) in [6.07, 6.45) is 0. The van der Waals surface area contributed by atoms with Crippen molar-refractivity contribution in [3.63, 3.8) is 0 Å². The summed E-state index contributed by atoms with van der Waals surface area (Å²) >= 11 is 0. The van der Waals surface area contributed by atoms with E-state index in [9.17, 15) is 0 Å². The van der Waals surface area contributed by atoms with Crippen molar-refractivity contribution in [2.24, 2.45) is 0 Å².